The van der Waals surface area contributed by atoms with Crippen LogP contribution < -0.4 is 5.32 Å². The number of alkyl halides is 1. The zero-order chi connectivity index (χ0) is 11.5. The van der Waals surface area contributed by atoms with Gasteiger partial charge in [-0.25, -0.2) is 0 Å². The molecule has 0 aliphatic rings. The Kier molecular flexibility index (Phi) is 3.79. The van der Waals surface area contributed by atoms with Gasteiger partial charge in [0, 0.05) is 6.20 Å². The molecule has 0 fully saturated rings. The fraction of sp³-hybridized carbons (Fsp3) is 0.500. The van der Waals surface area contributed by atoms with Crippen molar-refractivity contribution in [2.75, 3.05) is 0 Å². The average Bonchev–Trinajstić information content (AvgIpc) is 2.15. The van der Waals surface area contributed by atoms with Gasteiger partial charge in [0.1, 0.15) is 0 Å². The smallest absolute Gasteiger partial charge is 0.236 e. The molecule has 0 bridgehead atoms. The van der Waals surface area contributed by atoms with Crippen molar-refractivity contribution in [1.82, 2.24) is 15.3 Å². The van der Waals surface area contributed by atoms with Crippen LogP contribution in [0.5, 0.6) is 0 Å². The number of nitrogens with zero attached hydrogens (tertiary/aromatic N) is 2. The summed E-state index contributed by atoms with van der Waals surface area (Å²) in [5, 5.41) is 2.77. The molecule has 1 aromatic heterocycles. The van der Waals surface area contributed by atoms with Gasteiger partial charge < -0.3 is 5.32 Å². The zero-order valence-electron chi connectivity index (χ0n) is 9.04. The lowest BCUT2D eigenvalue weighted by atomic mass is 10.2. The number of hydrogen-bond acceptors (Lipinski definition) is 3. The van der Waals surface area contributed by atoms with E-state index in [0.29, 0.717) is 6.54 Å². The van der Waals surface area contributed by atoms with Gasteiger partial charge in [-0.1, -0.05) is 15.9 Å². The van der Waals surface area contributed by atoms with E-state index in [-0.39, 0.29) is 5.91 Å². The average molecular weight is 272 g/mol. The molecule has 0 aliphatic carbocycles. The fourth-order valence-electron chi connectivity index (χ4n) is 0.892. The number of carbonyl (C=O) groups excluding carboxylic acids is 1. The monoisotopic (exact) mass is 271 g/mol. The van der Waals surface area contributed by atoms with Crippen LogP contribution in [0.25, 0.3) is 0 Å². The summed E-state index contributed by atoms with van der Waals surface area (Å²) in [6.07, 6.45) is 3.34. The van der Waals surface area contributed by atoms with Gasteiger partial charge in [0.2, 0.25) is 5.91 Å². The van der Waals surface area contributed by atoms with Crippen LogP contribution in [0.2, 0.25) is 0 Å². The van der Waals surface area contributed by atoms with Crippen molar-refractivity contribution in [3.63, 3.8) is 0 Å². The van der Waals surface area contributed by atoms with Crippen molar-refractivity contribution < 1.29 is 4.79 Å². The van der Waals surface area contributed by atoms with E-state index in [4.69, 9.17) is 0 Å². The van der Waals surface area contributed by atoms with Gasteiger partial charge in [-0.3, -0.25) is 14.8 Å². The standard InChI is InChI=1S/C10H14BrN3O/c1-7-4-13-8(5-12-7)6-14-9(15)10(2,3)11/h4-5H,6H2,1-3H3,(H,14,15). The molecule has 1 N–H and O–H groups in total. The number of halogens is 1. The molecule has 15 heavy (non-hydrogen) atoms. The first-order valence-corrected chi connectivity index (χ1v) is 5.43. The molecule has 1 heterocycles. The van der Waals surface area contributed by atoms with Crippen molar-refractivity contribution in [2.45, 2.75) is 31.6 Å². The molecule has 1 aromatic rings. The topological polar surface area (TPSA) is 54.9 Å². The van der Waals surface area contributed by atoms with Crippen LogP contribution in [0.15, 0.2) is 12.4 Å². The number of hydrogen-bond donors (Lipinski definition) is 1. The molecule has 82 valence electrons. The van der Waals surface area contributed by atoms with Crippen LogP contribution >= 0.6 is 15.9 Å². The maximum absolute atomic E-state index is 11.5. The maximum Gasteiger partial charge on any atom is 0.236 e. The predicted molar refractivity (Wildman–Crippen MR) is 61.6 cm³/mol. The molecule has 0 unspecified atom stereocenters. The fourth-order valence-corrected chi connectivity index (χ4v) is 1.03. The van der Waals surface area contributed by atoms with Crippen molar-refractivity contribution in [3.05, 3.63) is 23.8 Å². The SMILES string of the molecule is Cc1cnc(CNC(=O)C(C)(C)Br)cn1. The number of amides is 1. The summed E-state index contributed by atoms with van der Waals surface area (Å²) in [6, 6.07) is 0. The summed E-state index contributed by atoms with van der Waals surface area (Å²) in [5.41, 5.74) is 1.62. The quantitative estimate of drug-likeness (QED) is 0.850. The van der Waals surface area contributed by atoms with E-state index in [0.717, 1.165) is 11.4 Å². The van der Waals surface area contributed by atoms with E-state index in [1.807, 2.05) is 6.92 Å². The highest BCUT2D eigenvalue weighted by molar-refractivity contribution is 9.10. The Labute approximate surface area is 97.6 Å². The lowest BCUT2D eigenvalue weighted by Crippen LogP contribution is -2.37. The number of aryl methyl sites for hydroxylation is 1. The largest absolute Gasteiger partial charge is 0.349 e. The second-order valence-corrected chi connectivity index (χ2v) is 5.79. The second kappa shape index (κ2) is 4.70. The molecule has 5 heteroatoms. The molecule has 0 aliphatic heterocycles. The Bertz CT molecular complexity index is 343. The minimum Gasteiger partial charge on any atom is -0.349 e. The van der Waals surface area contributed by atoms with Gasteiger partial charge in [0.15, 0.2) is 0 Å². The summed E-state index contributed by atoms with van der Waals surface area (Å²) in [7, 11) is 0. The lowest BCUT2D eigenvalue weighted by molar-refractivity contribution is -0.122. The molecular formula is C10H14BrN3O. The summed E-state index contributed by atoms with van der Waals surface area (Å²) in [4.78, 5) is 19.7. The minimum atomic E-state index is -0.550. The lowest BCUT2D eigenvalue weighted by Gasteiger charge is -2.15. The molecule has 1 rings (SSSR count). The number of rotatable bonds is 3. The van der Waals surface area contributed by atoms with Gasteiger partial charge >= 0.3 is 0 Å². The molecule has 0 saturated heterocycles. The summed E-state index contributed by atoms with van der Waals surface area (Å²) in [5.74, 6) is -0.0649. The first kappa shape index (κ1) is 12.1. The Balaban J connectivity index is 2.51. The Hall–Kier alpha value is -0.970. The number of carbonyl (C=O) groups is 1. The number of aromatic nitrogens is 2. The van der Waals surface area contributed by atoms with Gasteiger partial charge in [0.25, 0.3) is 0 Å². The first-order chi connectivity index (χ1) is 6.89. The van der Waals surface area contributed by atoms with Gasteiger partial charge in [-0.15, -0.1) is 0 Å². The molecule has 0 atom stereocenters. The van der Waals surface area contributed by atoms with Crippen LogP contribution in [0, 0.1) is 6.92 Å². The van der Waals surface area contributed by atoms with Crippen molar-refractivity contribution >= 4 is 21.8 Å². The van der Waals surface area contributed by atoms with E-state index in [1.54, 1.807) is 26.2 Å². The van der Waals surface area contributed by atoms with Crippen LogP contribution in [-0.2, 0) is 11.3 Å². The normalized spacial score (nSPS) is 11.2. The molecule has 0 radical (unpaired) electrons. The molecule has 4 nitrogen and oxygen atoms in total. The van der Waals surface area contributed by atoms with Crippen LogP contribution in [-0.4, -0.2) is 20.2 Å². The van der Waals surface area contributed by atoms with E-state index < -0.39 is 4.32 Å². The molecular weight excluding hydrogens is 258 g/mol. The maximum atomic E-state index is 11.5. The van der Waals surface area contributed by atoms with Crippen molar-refractivity contribution in [3.8, 4) is 0 Å². The highest BCUT2D eigenvalue weighted by atomic mass is 79.9. The van der Waals surface area contributed by atoms with E-state index in [9.17, 15) is 4.79 Å². The van der Waals surface area contributed by atoms with E-state index in [2.05, 4.69) is 31.2 Å². The van der Waals surface area contributed by atoms with Gasteiger partial charge in [-0.2, -0.15) is 0 Å². The number of nitrogens with one attached hydrogen (secondary N) is 1. The molecule has 0 spiro atoms. The predicted octanol–water partition coefficient (Wildman–Crippen LogP) is 1.57. The van der Waals surface area contributed by atoms with Gasteiger partial charge in [0.05, 0.1) is 28.5 Å². The first-order valence-electron chi connectivity index (χ1n) is 4.64. The highest BCUT2D eigenvalue weighted by Gasteiger charge is 2.22. The van der Waals surface area contributed by atoms with Crippen molar-refractivity contribution in [2.24, 2.45) is 0 Å². The van der Waals surface area contributed by atoms with E-state index >= 15 is 0 Å². The Morgan fingerprint density at radius 1 is 1.47 bits per heavy atom. The molecule has 1 amide bonds. The third-order valence-electron chi connectivity index (χ3n) is 1.80. The van der Waals surface area contributed by atoms with Gasteiger partial charge in [-0.05, 0) is 20.8 Å². The third kappa shape index (κ3) is 3.95. The Morgan fingerprint density at radius 3 is 2.60 bits per heavy atom. The van der Waals surface area contributed by atoms with Crippen LogP contribution in [0.1, 0.15) is 25.2 Å². The second-order valence-electron chi connectivity index (χ2n) is 3.80. The highest BCUT2D eigenvalue weighted by Crippen LogP contribution is 2.15. The Morgan fingerprint density at radius 2 is 2.13 bits per heavy atom. The summed E-state index contributed by atoms with van der Waals surface area (Å²) in [6.45, 7) is 5.87. The minimum absolute atomic E-state index is 0.0649. The van der Waals surface area contributed by atoms with Crippen molar-refractivity contribution in [1.29, 1.82) is 0 Å². The summed E-state index contributed by atoms with van der Waals surface area (Å²) >= 11 is 3.28. The molecule has 0 aromatic carbocycles. The summed E-state index contributed by atoms with van der Waals surface area (Å²) < 4.78 is -0.550. The van der Waals surface area contributed by atoms with Crippen LogP contribution in [0.3, 0.4) is 0 Å². The third-order valence-corrected chi connectivity index (χ3v) is 2.16. The zero-order valence-corrected chi connectivity index (χ0v) is 10.6. The molecule has 0 saturated carbocycles. The van der Waals surface area contributed by atoms with Crippen LogP contribution in [0.4, 0.5) is 0 Å². The van der Waals surface area contributed by atoms with E-state index in [1.165, 1.54) is 0 Å².